The number of hydrogen-bond acceptors (Lipinski definition) is 3. The molecule has 1 unspecified atom stereocenters. The van der Waals surface area contributed by atoms with Crippen LogP contribution in [-0.4, -0.2) is 23.0 Å². The molecule has 16 heavy (non-hydrogen) atoms. The molecule has 0 saturated heterocycles. The van der Waals surface area contributed by atoms with Crippen LogP contribution in [0.3, 0.4) is 0 Å². The number of hydrogen-bond donors (Lipinski definition) is 3. The minimum atomic E-state index is -0.963. The number of nitrogens with one attached hydrogen (secondary N) is 1. The third-order valence-electron chi connectivity index (χ3n) is 2.03. The number of nitrogens with two attached hydrogens (primary N) is 1. The second-order valence-corrected chi connectivity index (χ2v) is 3.51. The Morgan fingerprint density at radius 1 is 1.50 bits per heavy atom. The van der Waals surface area contributed by atoms with E-state index in [9.17, 15) is 9.59 Å². The highest BCUT2D eigenvalue weighted by Crippen LogP contribution is 2.20. The van der Waals surface area contributed by atoms with Crippen LogP contribution in [0.25, 0.3) is 0 Å². The highest BCUT2D eigenvalue weighted by atomic mass is 16.4. The van der Waals surface area contributed by atoms with Gasteiger partial charge in [0.2, 0.25) is 5.91 Å². The van der Waals surface area contributed by atoms with Crippen LogP contribution < -0.4 is 11.1 Å². The molecule has 4 N–H and O–H groups in total. The fraction of sp³-hybridized carbons (Fsp3) is 0.273. The van der Waals surface area contributed by atoms with Crippen molar-refractivity contribution in [1.29, 1.82) is 0 Å². The summed E-state index contributed by atoms with van der Waals surface area (Å²) in [6.45, 7) is 1.42. The number of carbonyl (C=O) groups is 2. The van der Waals surface area contributed by atoms with Gasteiger partial charge < -0.3 is 16.2 Å². The molecule has 1 heterocycles. The van der Waals surface area contributed by atoms with E-state index in [1.54, 1.807) is 0 Å². The van der Waals surface area contributed by atoms with Gasteiger partial charge in [-0.2, -0.15) is 0 Å². The van der Waals surface area contributed by atoms with E-state index >= 15 is 0 Å². The number of para-hydroxylation sites is 1. The predicted molar refractivity (Wildman–Crippen MR) is 60.1 cm³/mol. The molecule has 5 heteroatoms. The van der Waals surface area contributed by atoms with Gasteiger partial charge in [0.1, 0.15) is 6.04 Å². The maximum absolute atomic E-state index is 10.8. The SMILES string of the molecule is CC(N)C(=O)O.O=C1Cc2ccccc2N1. The number of carboxylic acid groups (broad SMARTS) is 1. The summed E-state index contributed by atoms with van der Waals surface area (Å²) in [4.78, 5) is 20.4. The first-order valence-electron chi connectivity index (χ1n) is 4.87. The summed E-state index contributed by atoms with van der Waals surface area (Å²) < 4.78 is 0. The molecule has 0 radical (unpaired) electrons. The lowest BCUT2D eigenvalue weighted by Gasteiger charge is -1.93. The average Bonchev–Trinajstić information content (AvgIpc) is 2.58. The van der Waals surface area contributed by atoms with Crippen LogP contribution in [0.15, 0.2) is 24.3 Å². The summed E-state index contributed by atoms with van der Waals surface area (Å²) in [5.41, 5.74) is 6.91. The van der Waals surface area contributed by atoms with Crippen molar-refractivity contribution >= 4 is 17.6 Å². The number of fused-ring (bicyclic) bond motifs is 1. The van der Waals surface area contributed by atoms with E-state index in [1.165, 1.54) is 6.92 Å². The van der Waals surface area contributed by atoms with Crippen LogP contribution in [-0.2, 0) is 16.0 Å². The molecule has 1 atom stereocenters. The molecular formula is C11H14N2O3. The molecular weight excluding hydrogens is 208 g/mol. The maximum atomic E-state index is 10.8. The zero-order chi connectivity index (χ0) is 12.1. The summed E-state index contributed by atoms with van der Waals surface area (Å²) in [5, 5.41) is 10.6. The number of anilines is 1. The molecule has 0 aliphatic carbocycles. The molecule has 2 rings (SSSR count). The second kappa shape index (κ2) is 5.27. The van der Waals surface area contributed by atoms with Crippen molar-refractivity contribution < 1.29 is 14.7 Å². The van der Waals surface area contributed by atoms with Crippen molar-refractivity contribution in [1.82, 2.24) is 0 Å². The van der Waals surface area contributed by atoms with Gasteiger partial charge in [-0.15, -0.1) is 0 Å². The third kappa shape index (κ3) is 3.36. The smallest absolute Gasteiger partial charge is 0.320 e. The zero-order valence-electron chi connectivity index (χ0n) is 8.93. The van der Waals surface area contributed by atoms with Crippen LogP contribution in [0, 0.1) is 0 Å². The Bertz CT molecular complexity index is 375. The number of benzene rings is 1. The van der Waals surface area contributed by atoms with E-state index < -0.39 is 12.0 Å². The Balaban J connectivity index is 0.000000187. The Morgan fingerprint density at radius 3 is 2.56 bits per heavy atom. The normalized spacial score (nSPS) is 14.2. The highest BCUT2D eigenvalue weighted by Gasteiger charge is 2.15. The molecule has 1 aromatic rings. The molecule has 1 aromatic carbocycles. The summed E-state index contributed by atoms with van der Waals surface area (Å²) in [6, 6.07) is 7.02. The van der Waals surface area contributed by atoms with Crippen molar-refractivity contribution in [2.45, 2.75) is 19.4 Å². The summed E-state index contributed by atoms with van der Waals surface area (Å²) >= 11 is 0. The average molecular weight is 222 g/mol. The van der Waals surface area contributed by atoms with Gasteiger partial charge >= 0.3 is 5.97 Å². The van der Waals surface area contributed by atoms with Crippen LogP contribution in [0.2, 0.25) is 0 Å². The molecule has 0 bridgehead atoms. The largest absolute Gasteiger partial charge is 0.480 e. The van der Waals surface area contributed by atoms with E-state index in [1.807, 2.05) is 24.3 Å². The topological polar surface area (TPSA) is 92.4 Å². The first-order chi connectivity index (χ1) is 7.50. The van der Waals surface area contributed by atoms with Crippen LogP contribution in [0.1, 0.15) is 12.5 Å². The van der Waals surface area contributed by atoms with Gasteiger partial charge in [-0.25, -0.2) is 0 Å². The zero-order valence-corrected chi connectivity index (χ0v) is 8.93. The number of rotatable bonds is 1. The lowest BCUT2D eigenvalue weighted by Crippen LogP contribution is -2.25. The molecule has 0 spiro atoms. The maximum Gasteiger partial charge on any atom is 0.320 e. The van der Waals surface area contributed by atoms with E-state index in [-0.39, 0.29) is 5.91 Å². The minimum absolute atomic E-state index is 0.0983. The van der Waals surface area contributed by atoms with Gasteiger partial charge in [-0.1, -0.05) is 18.2 Å². The standard InChI is InChI=1S/C8H7NO.C3H7NO2/c10-8-5-6-3-1-2-4-7(6)9-8;1-2(4)3(5)6/h1-4H,5H2,(H,9,10);2H,4H2,1H3,(H,5,6). The molecule has 1 aliphatic rings. The number of aliphatic carboxylic acids is 1. The molecule has 0 fully saturated rings. The van der Waals surface area contributed by atoms with Crippen molar-refractivity contribution in [3.63, 3.8) is 0 Å². The molecule has 5 nitrogen and oxygen atoms in total. The van der Waals surface area contributed by atoms with E-state index in [0.29, 0.717) is 6.42 Å². The molecule has 1 amide bonds. The lowest BCUT2D eigenvalue weighted by molar-refractivity contribution is -0.138. The predicted octanol–water partition coefficient (Wildman–Crippen LogP) is 0.599. The van der Waals surface area contributed by atoms with Gasteiger partial charge in [0, 0.05) is 5.69 Å². The molecule has 1 aliphatic heterocycles. The Morgan fingerprint density at radius 2 is 2.06 bits per heavy atom. The van der Waals surface area contributed by atoms with Gasteiger partial charge in [0.05, 0.1) is 6.42 Å². The Hall–Kier alpha value is -1.88. The van der Waals surface area contributed by atoms with Crippen LogP contribution in [0.4, 0.5) is 5.69 Å². The van der Waals surface area contributed by atoms with Crippen LogP contribution in [0.5, 0.6) is 0 Å². The Kier molecular flexibility index (Phi) is 4.02. The fourth-order valence-corrected chi connectivity index (χ4v) is 1.16. The molecule has 0 saturated carbocycles. The fourth-order valence-electron chi connectivity index (χ4n) is 1.16. The van der Waals surface area contributed by atoms with E-state index in [0.717, 1.165) is 11.3 Å². The van der Waals surface area contributed by atoms with Crippen molar-refractivity contribution in [2.75, 3.05) is 5.32 Å². The van der Waals surface area contributed by atoms with Gasteiger partial charge in [-0.3, -0.25) is 9.59 Å². The quantitative estimate of drug-likeness (QED) is 0.648. The number of amides is 1. The van der Waals surface area contributed by atoms with Gasteiger partial charge in [-0.05, 0) is 18.6 Å². The van der Waals surface area contributed by atoms with E-state index in [2.05, 4.69) is 5.32 Å². The number of carbonyl (C=O) groups excluding carboxylic acids is 1. The second-order valence-electron chi connectivity index (χ2n) is 3.51. The Labute approximate surface area is 93.3 Å². The first-order valence-corrected chi connectivity index (χ1v) is 4.87. The monoisotopic (exact) mass is 222 g/mol. The van der Waals surface area contributed by atoms with Gasteiger partial charge in [0.25, 0.3) is 0 Å². The van der Waals surface area contributed by atoms with Gasteiger partial charge in [0.15, 0.2) is 0 Å². The van der Waals surface area contributed by atoms with Crippen molar-refractivity contribution in [3.8, 4) is 0 Å². The summed E-state index contributed by atoms with van der Waals surface area (Å²) in [6.07, 6.45) is 0.538. The summed E-state index contributed by atoms with van der Waals surface area (Å²) in [5.74, 6) is -0.865. The van der Waals surface area contributed by atoms with Crippen molar-refractivity contribution in [2.24, 2.45) is 5.73 Å². The third-order valence-corrected chi connectivity index (χ3v) is 2.03. The first kappa shape index (κ1) is 12.2. The highest BCUT2D eigenvalue weighted by molar-refractivity contribution is 5.98. The number of carboxylic acids is 1. The lowest BCUT2D eigenvalue weighted by atomic mass is 10.2. The summed E-state index contributed by atoms with van der Waals surface area (Å²) in [7, 11) is 0. The van der Waals surface area contributed by atoms with Crippen molar-refractivity contribution in [3.05, 3.63) is 29.8 Å². The van der Waals surface area contributed by atoms with E-state index in [4.69, 9.17) is 10.8 Å². The minimum Gasteiger partial charge on any atom is -0.480 e. The molecule has 0 aromatic heterocycles. The molecule has 86 valence electrons. The van der Waals surface area contributed by atoms with Crippen LogP contribution >= 0.6 is 0 Å².